The second-order valence-electron chi connectivity index (χ2n) is 4.58. The molecule has 0 saturated heterocycles. The van der Waals surface area contributed by atoms with Crippen LogP contribution in [0.15, 0.2) is 12.1 Å². The molecule has 0 aliphatic heterocycles. The molecule has 0 radical (unpaired) electrons. The number of nitrogens with one attached hydrogen (secondary N) is 1. The lowest BCUT2D eigenvalue weighted by Crippen LogP contribution is -2.30. The molecule has 1 aromatic rings. The summed E-state index contributed by atoms with van der Waals surface area (Å²) in [5, 5.41) is 3.39. The van der Waals surface area contributed by atoms with Crippen molar-refractivity contribution in [2.24, 2.45) is 0 Å². The molecule has 7 heteroatoms. The van der Waals surface area contributed by atoms with E-state index in [9.17, 15) is 4.79 Å². The van der Waals surface area contributed by atoms with Crippen molar-refractivity contribution in [1.29, 1.82) is 0 Å². The van der Waals surface area contributed by atoms with Crippen LogP contribution in [0.5, 0.6) is 0 Å². The number of ether oxygens (including phenoxy) is 1. The topological polar surface area (TPSA) is 67.6 Å². The van der Waals surface area contributed by atoms with Crippen molar-refractivity contribution < 1.29 is 9.53 Å². The van der Waals surface area contributed by atoms with E-state index in [0.29, 0.717) is 41.0 Å². The lowest BCUT2D eigenvalue weighted by molar-refractivity contribution is -0.116. The van der Waals surface area contributed by atoms with Crippen molar-refractivity contribution in [2.75, 3.05) is 44.4 Å². The van der Waals surface area contributed by atoms with Crippen LogP contribution in [0.1, 0.15) is 13.3 Å². The van der Waals surface area contributed by atoms with Crippen molar-refractivity contribution in [2.45, 2.75) is 13.3 Å². The molecule has 1 aromatic carbocycles. The number of benzene rings is 1. The number of amides is 1. The molecule has 1 rings (SSSR count). The van der Waals surface area contributed by atoms with Crippen LogP contribution in [0.25, 0.3) is 0 Å². The number of hydrogen-bond donors (Lipinski definition) is 2. The Kier molecular flexibility index (Phi) is 7.82. The minimum atomic E-state index is -0.139. The highest BCUT2D eigenvalue weighted by atomic mass is 35.5. The van der Waals surface area contributed by atoms with Gasteiger partial charge in [-0.1, -0.05) is 30.1 Å². The van der Waals surface area contributed by atoms with Crippen LogP contribution in [0.3, 0.4) is 0 Å². The molecule has 118 valence electrons. The van der Waals surface area contributed by atoms with Crippen LogP contribution in [-0.2, 0) is 9.53 Å². The molecule has 0 spiro atoms. The number of halogens is 2. The third-order valence-corrected chi connectivity index (χ3v) is 3.64. The highest BCUT2D eigenvalue weighted by Gasteiger charge is 2.12. The second-order valence-corrected chi connectivity index (χ2v) is 5.40. The molecule has 0 aliphatic carbocycles. The van der Waals surface area contributed by atoms with E-state index in [0.717, 1.165) is 13.1 Å². The first-order valence-electron chi connectivity index (χ1n) is 6.73. The Morgan fingerprint density at radius 2 is 1.95 bits per heavy atom. The highest BCUT2D eigenvalue weighted by Crippen LogP contribution is 2.32. The summed E-state index contributed by atoms with van der Waals surface area (Å²) in [6, 6.07) is 3.11. The van der Waals surface area contributed by atoms with Gasteiger partial charge in [0.15, 0.2) is 0 Å². The zero-order valence-electron chi connectivity index (χ0n) is 12.3. The standard InChI is InChI=1S/C14H21Cl2N3O2/c1-3-19(6-7-21-2)5-4-13(20)18-14-11(15)8-10(17)9-12(14)16/h8-9H,3-7,17H2,1-2H3,(H,18,20). The smallest absolute Gasteiger partial charge is 0.225 e. The molecule has 0 heterocycles. The van der Waals surface area contributed by atoms with Crippen LogP contribution in [0.4, 0.5) is 11.4 Å². The predicted molar refractivity (Wildman–Crippen MR) is 88.1 cm³/mol. The molecule has 3 N–H and O–H groups in total. The average Bonchev–Trinajstić information content (AvgIpc) is 2.43. The molecular weight excluding hydrogens is 313 g/mol. The van der Waals surface area contributed by atoms with Crippen molar-refractivity contribution in [3.63, 3.8) is 0 Å². The summed E-state index contributed by atoms with van der Waals surface area (Å²) in [5.74, 6) is -0.139. The maximum absolute atomic E-state index is 12.0. The second kappa shape index (κ2) is 9.10. The van der Waals surface area contributed by atoms with Crippen molar-refractivity contribution >= 4 is 40.5 Å². The van der Waals surface area contributed by atoms with E-state index >= 15 is 0 Å². The van der Waals surface area contributed by atoms with E-state index in [2.05, 4.69) is 10.2 Å². The van der Waals surface area contributed by atoms with Crippen LogP contribution < -0.4 is 11.1 Å². The number of carbonyl (C=O) groups is 1. The van der Waals surface area contributed by atoms with E-state index in [1.807, 2.05) is 6.92 Å². The van der Waals surface area contributed by atoms with Crippen molar-refractivity contribution in [1.82, 2.24) is 4.90 Å². The van der Waals surface area contributed by atoms with Gasteiger partial charge in [-0.05, 0) is 18.7 Å². The van der Waals surface area contributed by atoms with Gasteiger partial charge < -0.3 is 20.7 Å². The molecule has 1 amide bonds. The first kappa shape index (κ1) is 18.0. The predicted octanol–water partition coefficient (Wildman–Crippen LogP) is 2.87. The van der Waals surface area contributed by atoms with Gasteiger partial charge in [0.05, 0.1) is 22.3 Å². The molecule has 0 atom stereocenters. The number of rotatable bonds is 8. The van der Waals surface area contributed by atoms with E-state index in [-0.39, 0.29) is 5.91 Å². The Hall–Kier alpha value is -1.01. The zero-order valence-corrected chi connectivity index (χ0v) is 13.8. The lowest BCUT2D eigenvalue weighted by Gasteiger charge is -2.19. The molecule has 0 bridgehead atoms. The molecule has 21 heavy (non-hydrogen) atoms. The minimum absolute atomic E-state index is 0.139. The Morgan fingerprint density at radius 3 is 2.48 bits per heavy atom. The monoisotopic (exact) mass is 333 g/mol. The number of anilines is 2. The first-order chi connectivity index (χ1) is 9.97. The summed E-state index contributed by atoms with van der Waals surface area (Å²) in [6.07, 6.45) is 0.356. The van der Waals surface area contributed by atoms with Crippen LogP contribution in [0.2, 0.25) is 10.0 Å². The van der Waals surface area contributed by atoms with Crippen molar-refractivity contribution in [3.8, 4) is 0 Å². The molecule has 0 fully saturated rings. The van der Waals surface area contributed by atoms with Crippen LogP contribution in [-0.4, -0.2) is 44.2 Å². The summed E-state index contributed by atoms with van der Waals surface area (Å²) in [4.78, 5) is 14.1. The fourth-order valence-corrected chi connectivity index (χ4v) is 2.42. The van der Waals surface area contributed by atoms with Gasteiger partial charge >= 0.3 is 0 Å². The van der Waals surface area contributed by atoms with E-state index in [4.69, 9.17) is 33.7 Å². The van der Waals surface area contributed by atoms with Gasteiger partial charge in [0.2, 0.25) is 5.91 Å². The molecule has 5 nitrogen and oxygen atoms in total. The Balaban J connectivity index is 2.54. The van der Waals surface area contributed by atoms with Gasteiger partial charge in [0.1, 0.15) is 0 Å². The summed E-state index contributed by atoms with van der Waals surface area (Å²) in [6.45, 7) is 4.99. The summed E-state index contributed by atoms with van der Waals surface area (Å²) in [7, 11) is 1.66. The number of nitrogen functional groups attached to an aromatic ring is 1. The summed E-state index contributed by atoms with van der Waals surface area (Å²) in [5.41, 5.74) is 6.48. The first-order valence-corrected chi connectivity index (χ1v) is 7.49. The molecule has 0 aliphatic rings. The number of carbonyl (C=O) groups excluding carboxylic acids is 1. The average molecular weight is 334 g/mol. The summed E-state index contributed by atoms with van der Waals surface area (Å²) >= 11 is 12.1. The number of nitrogens with two attached hydrogens (primary N) is 1. The number of hydrogen-bond acceptors (Lipinski definition) is 4. The maximum Gasteiger partial charge on any atom is 0.225 e. The van der Waals surface area contributed by atoms with Crippen molar-refractivity contribution in [3.05, 3.63) is 22.2 Å². The van der Waals surface area contributed by atoms with Gasteiger partial charge in [0, 0.05) is 32.3 Å². The van der Waals surface area contributed by atoms with Crippen LogP contribution >= 0.6 is 23.2 Å². The van der Waals surface area contributed by atoms with Gasteiger partial charge in [-0.2, -0.15) is 0 Å². The van der Waals surface area contributed by atoms with Gasteiger partial charge in [-0.25, -0.2) is 0 Å². The van der Waals surface area contributed by atoms with Crippen LogP contribution in [0, 0.1) is 0 Å². The van der Waals surface area contributed by atoms with E-state index < -0.39 is 0 Å². The zero-order chi connectivity index (χ0) is 15.8. The SMILES string of the molecule is CCN(CCOC)CCC(=O)Nc1c(Cl)cc(N)cc1Cl. The quantitative estimate of drug-likeness (QED) is 0.718. The lowest BCUT2D eigenvalue weighted by atomic mass is 10.2. The molecule has 0 unspecified atom stereocenters. The molecule has 0 saturated carbocycles. The third-order valence-electron chi connectivity index (χ3n) is 3.04. The Bertz CT molecular complexity index is 460. The Morgan fingerprint density at radius 1 is 1.33 bits per heavy atom. The largest absolute Gasteiger partial charge is 0.399 e. The molecule has 0 aromatic heterocycles. The number of likely N-dealkylation sites (N-methyl/N-ethyl adjacent to an activating group) is 1. The highest BCUT2D eigenvalue weighted by molar-refractivity contribution is 6.40. The van der Waals surface area contributed by atoms with Gasteiger partial charge in [-0.15, -0.1) is 0 Å². The summed E-state index contributed by atoms with van der Waals surface area (Å²) < 4.78 is 5.03. The fourth-order valence-electron chi connectivity index (χ4n) is 1.82. The number of methoxy groups -OCH3 is 1. The normalized spacial score (nSPS) is 10.9. The minimum Gasteiger partial charge on any atom is -0.399 e. The number of nitrogens with zero attached hydrogens (tertiary/aromatic N) is 1. The third kappa shape index (κ3) is 6.09. The maximum atomic E-state index is 12.0. The van der Waals surface area contributed by atoms with Gasteiger partial charge in [-0.3, -0.25) is 4.79 Å². The van der Waals surface area contributed by atoms with E-state index in [1.54, 1.807) is 19.2 Å². The molecular formula is C14H21Cl2N3O2. The van der Waals surface area contributed by atoms with Gasteiger partial charge in [0.25, 0.3) is 0 Å². The van der Waals surface area contributed by atoms with E-state index in [1.165, 1.54) is 0 Å². The fraction of sp³-hybridized carbons (Fsp3) is 0.500. The Labute approximate surface area is 135 Å².